The molecule has 0 saturated heterocycles. The molecule has 0 unspecified atom stereocenters. The van der Waals surface area contributed by atoms with Gasteiger partial charge in [-0.2, -0.15) is 5.10 Å². The number of carbonyl (C=O) groups is 2. The van der Waals surface area contributed by atoms with Crippen LogP contribution in [0.25, 0.3) is 5.69 Å². The van der Waals surface area contributed by atoms with Crippen molar-refractivity contribution < 1.29 is 9.59 Å². The summed E-state index contributed by atoms with van der Waals surface area (Å²) in [4.78, 5) is 25.9. The van der Waals surface area contributed by atoms with Crippen LogP contribution in [-0.4, -0.2) is 21.6 Å². The monoisotopic (exact) mass is 430 g/mol. The summed E-state index contributed by atoms with van der Waals surface area (Å²) < 4.78 is 1.53. The molecule has 0 aliphatic heterocycles. The Morgan fingerprint density at radius 3 is 2.32 bits per heavy atom. The number of nitrogens with one attached hydrogen (secondary N) is 2. The number of anilines is 2. The Morgan fingerprint density at radius 2 is 1.61 bits per heavy atom. The Hall–Kier alpha value is -3.90. The van der Waals surface area contributed by atoms with Gasteiger partial charge in [0.25, 0.3) is 11.8 Å². The Kier molecular flexibility index (Phi) is 5.82. The number of carbonyl (C=O) groups excluding carboxylic acids is 2. The van der Waals surface area contributed by atoms with Crippen LogP contribution in [0.2, 0.25) is 5.02 Å². The Bertz CT molecular complexity index is 1230. The van der Waals surface area contributed by atoms with E-state index in [1.165, 1.54) is 10.9 Å². The van der Waals surface area contributed by atoms with E-state index < -0.39 is 5.91 Å². The summed E-state index contributed by atoms with van der Waals surface area (Å²) in [6, 6.07) is 23.3. The van der Waals surface area contributed by atoms with Crippen molar-refractivity contribution >= 4 is 34.9 Å². The smallest absolute Gasteiger partial charge is 0.261 e. The number of benzene rings is 3. The first-order valence-electron chi connectivity index (χ1n) is 9.59. The molecule has 2 N–H and O–H groups in total. The van der Waals surface area contributed by atoms with Gasteiger partial charge in [0.05, 0.1) is 11.9 Å². The van der Waals surface area contributed by atoms with E-state index in [-0.39, 0.29) is 17.3 Å². The first-order chi connectivity index (χ1) is 15.0. The van der Waals surface area contributed by atoms with Gasteiger partial charge in [-0.05, 0) is 49.4 Å². The second kappa shape index (κ2) is 8.85. The van der Waals surface area contributed by atoms with Crippen LogP contribution in [0, 0.1) is 6.92 Å². The molecule has 7 heteroatoms. The maximum absolute atomic E-state index is 13.0. The highest BCUT2D eigenvalue weighted by Crippen LogP contribution is 2.23. The molecular formula is C24H19ClN4O2. The highest BCUT2D eigenvalue weighted by Gasteiger charge is 2.21. The number of nitrogens with zero attached hydrogens (tertiary/aromatic N) is 2. The number of amides is 2. The van der Waals surface area contributed by atoms with E-state index in [4.69, 9.17) is 11.6 Å². The minimum absolute atomic E-state index is 0.226. The maximum atomic E-state index is 13.0. The average Bonchev–Trinajstić information content (AvgIpc) is 3.18. The predicted molar refractivity (Wildman–Crippen MR) is 122 cm³/mol. The lowest BCUT2D eigenvalue weighted by atomic mass is 10.1. The van der Waals surface area contributed by atoms with Crippen molar-refractivity contribution in [1.82, 2.24) is 9.78 Å². The third kappa shape index (κ3) is 4.65. The molecule has 6 nitrogen and oxygen atoms in total. The number of hydrogen-bond acceptors (Lipinski definition) is 3. The van der Waals surface area contributed by atoms with Gasteiger partial charge in [-0.3, -0.25) is 9.59 Å². The molecule has 0 saturated carbocycles. The number of aromatic nitrogens is 2. The lowest BCUT2D eigenvalue weighted by molar-refractivity contribution is 0.102. The van der Waals surface area contributed by atoms with Gasteiger partial charge in [0.1, 0.15) is 11.4 Å². The molecule has 0 aliphatic carbocycles. The minimum atomic E-state index is -0.413. The molecule has 0 radical (unpaired) electrons. The molecule has 2 amide bonds. The van der Waals surface area contributed by atoms with E-state index in [1.54, 1.807) is 36.4 Å². The molecule has 1 aromatic heterocycles. The highest BCUT2D eigenvalue weighted by atomic mass is 35.5. The molecule has 0 aliphatic rings. The van der Waals surface area contributed by atoms with Crippen LogP contribution < -0.4 is 10.6 Å². The topological polar surface area (TPSA) is 76.0 Å². The molecule has 1 heterocycles. The van der Waals surface area contributed by atoms with E-state index in [9.17, 15) is 9.59 Å². The molecule has 0 spiro atoms. The SMILES string of the molecule is Cc1ccc(C(=O)Nc2c(C(=O)Nc3cccc(Cl)c3)cnn2-c2ccccc2)cc1. The summed E-state index contributed by atoms with van der Waals surface area (Å²) >= 11 is 6.01. The fourth-order valence-electron chi connectivity index (χ4n) is 3.05. The first kappa shape index (κ1) is 20.4. The number of para-hydroxylation sites is 1. The summed E-state index contributed by atoms with van der Waals surface area (Å²) in [5, 5.41) is 10.5. The zero-order valence-electron chi connectivity index (χ0n) is 16.7. The lowest BCUT2D eigenvalue weighted by Gasteiger charge is -2.12. The van der Waals surface area contributed by atoms with Crippen LogP contribution in [0.15, 0.2) is 85.1 Å². The standard InChI is InChI=1S/C24H19ClN4O2/c1-16-10-12-17(13-11-16)23(30)28-22-21(15-26-29(22)20-8-3-2-4-9-20)24(31)27-19-7-5-6-18(25)14-19/h2-15H,1H3,(H,27,31)(H,28,30). The van der Waals surface area contributed by atoms with Crippen molar-refractivity contribution in [3.05, 3.63) is 107 Å². The van der Waals surface area contributed by atoms with Gasteiger partial charge < -0.3 is 10.6 Å². The summed E-state index contributed by atoms with van der Waals surface area (Å²) in [6.45, 7) is 1.95. The zero-order valence-corrected chi connectivity index (χ0v) is 17.4. The van der Waals surface area contributed by atoms with Gasteiger partial charge in [-0.1, -0.05) is 53.6 Å². The Morgan fingerprint density at radius 1 is 0.871 bits per heavy atom. The van der Waals surface area contributed by atoms with Crippen molar-refractivity contribution in [2.45, 2.75) is 6.92 Å². The average molecular weight is 431 g/mol. The quantitative estimate of drug-likeness (QED) is 0.448. The normalized spacial score (nSPS) is 10.5. The van der Waals surface area contributed by atoms with Crippen molar-refractivity contribution in [3.63, 3.8) is 0 Å². The molecule has 4 rings (SSSR count). The number of aryl methyl sites for hydroxylation is 1. The molecule has 0 atom stereocenters. The Labute approximate surface area is 184 Å². The van der Waals surface area contributed by atoms with Crippen molar-refractivity contribution in [2.75, 3.05) is 10.6 Å². The third-order valence-electron chi connectivity index (χ3n) is 4.64. The first-order valence-corrected chi connectivity index (χ1v) is 9.97. The van der Waals surface area contributed by atoms with E-state index in [1.807, 2.05) is 49.4 Å². The molecule has 0 fully saturated rings. The summed E-state index contributed by atoms with van der Waals surface area (Å²) in [6.07, 6.45) is 1.43. The maximum Gasteiger partial charge on any atom is 0.261 e. The second-order valence-electron chi connectivity index (χ2n) is 6.94. The number of rotatable bonds is 5. The van der Waals surface area contributed by atoms with Crippen molar-refractivity contribution in [1.29, 1.82) is 0 Å². The summed E-state index contributed by atoms with van der Waals surface area (Å²) in [5.74, 6) is -0.477. The van der Waals surface area contributed by atoms with Gasteiger partial charge in [0.15, 0.2) is 0 Å². The molecule has 4 aromatic rings. The molecule has 0 bridgehead atoms. The van der Waals surface area contributed by atoms with Crippen molar-refractivity contribution in [2.24, 2.45) is 0 Å². The van der Waals surface area contributed by atoms with Crippen LogP contribution in [0.4, 0.5) is 11.5 Å². The molecule has 31 heavy (non-hydrogen) atoms. The highest BCUT2D eigenvalue weighted by molar-refractivity contribution is 6.31. The number of halogens is 1. The molecule has 154 valence electrons. The van der Waals surface area contributed by atoms with E-state index in [0.29, 0.717) is 22.0 Å². The summed E-state index contributed by atoms with van der Waals surface area (Å²) in [5.41, 5.74) is 3.01. The van der Waals surface area contributed by atoms with Gasteiger partial charge in [-0.25, -0.2) is 4.68 Å². The number of hydrogen-bond donors (Lipinski definition) is 2. The van der Waals surface area contributed by atoms with Gasteiger partial charge in [0.2, 0.25) is 0 Å². The van der Waals surface area contributed by atoms with Crippen LogP contribution in [0.1, 0.15) is 26.3 Å². The summed E-state index contributed by atoms with van der Waals surface area (Å²) in [7, 11) is 0. The van der Waals surface area contributed by atoms with Crippen molar-refractivity contribution in [3.8, 4) is 5.69 Å². The molecular weight excluding hydrogens is 412 g/mol. The van der Waals surface area contributed by atoms with E-state index in [2.05, 4.69) is 15.7 Å². The van der Waals surface area contributed by atoms with Gasteiger partial charge in [-0.15, -0.1) is 0 Å². The van der Waals surface area contributed by atoms with Crippen LogP contribution in [-0.2, 0) is 0 Å². The van der Waals surface area contributed by atoms with E-state index >= 15 is 0 Å². The zero-order chi connectivity index (χ0) is 21.8. The fraction of sp³-hybridized carbons (Fsp3) is 0.0417. The third-order valence-corrected chi connectivity index (χ3v) is 4.88. The largest absolute Gasteiger partial charge is 0.322 e. The van der Waals surface area contributed by atoms with Crippen LogP contribution in [0.3, 0.4) is 0 Å². The van der Waals surface area contributed by atoms with Crippen LogP contribution >= 0.6 is 11.6 Å². The second-order valence-corrected chi connectivity index (χ2v) is 7.38. The fourth-order valence-corrected chi connectivity index (χ4v) is 3.24. The molecule has 3 aromatic carbocycles. The van der Waals surface area contributed by atoms with E-state index in [0.717, 1.165) is 5.56 Å². The van der Waals surface area contributed by atoms with Crippen LogP contribution in [0.5, 0.6) is 0 Å². The van der Waals surface area contributed by atoms with Gasteiger partial charge in [0, 0.05) is 16.3 Å². The lowest BCUT2D eigenvalue weighted by Crippen LogP contribution is -2.19. The van der Waals surface area contributed by atoms with Gasteiger partial charge >= 0.3 is 0 Å². The predicted octanol–water partition coefficient (Wildman–Crippen LogP) is 5.34. The Balaban J connectivity index is 1.70. The minimum Gasteiger partial charge on any atom is -0.322 e.